The van der Waals surface area contributed by atoms with E-state index in [1.165, 1.54) is 18.7 Å². The number of para-hydroxylation sites is 1. The number of rotatable bonds is 8. The summed E-state index contributed by atoms with van der Waals surface area (Å²) >= 11 is 0. The van der Waals surface area contributed by atoms with Gasteiger partial charge in [-0.05, 0) is 70.0 Å². The lowest BCUT2D eigenvalue weighted by Crippen LogP contribution is -2.59. The molecule has 4 N–H and O–H groups in total. The average Bonchev–Trinajstić information content (AvgIpc) is 2.91. The number of piperidine rings is 1. The molecule has 0 unspecified atom stereocenters. The highest BCUT2D eigenvalue weighted by Crippen LogP contribution is 2.28. The molecule has 3 amide bonds. The summed E-state index contributed by atoms with van der Waals surface area (Å²) in [5.41, 5.74) is 2.35. The number of aliphatic hydroxyl groups is 1. The number of benzene rings is 2. The van der Waals surface area contributed by atoms with Gasteiger partial charge in [0.2, 0.25) is 5.91 Å². The lowest BCUT2D eigenvalue weighted by atomic mass is 9.83. The molecule has 2 aromatic carbocycles. The van der Waals surface area contributed by atoms with Crippen LogP contribution in [0.2, 0.25) is 0 Å². The van der Waals surface area contributed by atoms with E-state index in [2.05, 4.69) is 10.3 Å². The van der Waals surface area contributed by atoms with Crippen LogP contribution in [-0.2, 0) is 16.2 Å². The summed E-state index contributed by atoms with van der Waals surface area (Å²) in [6, 6.07) is 16.6. The zero-order valence-electron chi connectivity index (χ0n) is 22.4. The summed E-state index contributed by atoms with van der Waals surface area (Å²) in [4.78, 5) is 43.8. The van der Waals surface area contributed by atoms with Crippen molar-refractivity contribution in [2.75, 3.05) is 13.1 Å². The predicted octanol–water partition coefficient (Wildman–Crippen LogP) is 2.88. The molecule has 4 rings (SSSR count). The molecule has 1 aliphatic heterocycles. The third-order valence-corrected chi connectivity index (χ3v) is 6.97. The molecule has 1 aliphatic rings. The summed E-state index contributed by atoms with van der Waals surface area (Å²) in [7, 11) is 0. The van der Waals surface area contributed by atoms with Gasteiger partial charge in [0.25, 0.3) is 11.8 Å². The van der Waals surface area contributed by atoms with E-state index >= 15 is 0 Å². The van der Waals surface area contributed by atoms with Crippen LogP contribution in [0, 0.1) is 6.92 Å². The Kier molecular flexibility index (Phi) is 8.17. The number of amides is 3. The van der Waals surface area contributed by atoms with Gasteiger partial charge in [0.15, 0.2) is 0 Å². The molecule has 2 heterocycles. The van der Waals surface area contributed by atoms with Gasteiger partial charge in [-0.1, -0.05) is 18.2 Å². The Balaban J connectivity index is 1.42. The highest BCUT2D eigenvalue weighted by Gasteiger charge is 2.41. The summed E-state index contributed by atoms with van der Waals surface area (Å²) < 4.78 is 5.99. The molecule has 0 saturated carbocycles. The van der Waals surface area contributed by atoms with Gasteiger partial charge in [-0.3, -0.25) is 24.6 Å². The van der Waals surface area contributed by atoms with E-state index in [1.54, 1.807) is 29.7 Å². The quantitative estimate of drug-likeness (QED) is 0.257. The molecule has 206 valence electrons. The van der Waals surface area contributed by atoms with E-state index in [-0.39, 0.29) is 38.3 Å². The molecule has 0 spiro atoms. The molecule has 0 atom stereocenters. The zero-order chi connectivity index (χ0) is 28.2. The van der Waals surface area contributed by atoms with Crippen LogP contribution in [0.4, 0.5) is 0 Å². The highest BCUT2D eigenvalue weighted by atomic mass is 16.5. The molecule has 1 fully saturated rings. The Morgan fingerprint density at radius 2 is 1.74 bits per heavy atom. The number of likely N-dealkylation sites (tertiary alicyclic amines) is 1. The third-order valence-electron chi connectivity index (χ3n) is 6.97. The van der Waals surface area contributed by atoms with E-state index in [4.69, 9.17) is 9.94 Å². The molecule has 1 saturated heterocycles. The van der Waals surface area contributed by atoms with Gasteiger partial charge in [-0.15, -0.1) is 0 Å². The smallest absolute Gasteiger partial charge is 0.253 e. The number of ether oxygens (including phenoxy) is 1. The van der Waals surface area contributed by atoms with Crippen LogP contribution in [0.3, 0.4) is 0 Å². The standard InChI is InChI=1S/C29H34N4O6/c1-19-16-21(23-6-4-5-7-24(23)30-19)18-39-22-10-8-20(9-11-22)26(35)31-29(17-25(34)32-38)12-14-33(15-13-29)27(36)28(2,3)37/h4-11,16,37-38H,12-15,17-18H2,1-3H3,(H,31,35)(H,32,34). The maximum Gasteiger partial charge on any atom is 0.253 e. The Labute approximate surface area is 226 Å². The molecular weight excluding hydrogens is 500 g/mol. The van der Waals surface area contributed by atoms with Crippen molar-refractivity contribution < 1.29 is 29.4 Å². The first kappa shape index (κ1) is 28.0. The molecule has 3 aromatic rings. The average molecular weight is 535 g/mol. The summed E-state index contributed by atoms with van der Waals surface area (Å²) in [5, 5.41) is 23.1. The number of hydroxylamine groups is 1. The number of nitrogens with zero attached hydrogens (tertiary/aromatic N) is 2. The number of fused-ring (bicyclic) bond motifs is 1. The minimum atomic E-state index is -1.52. The fourth-order valence-corrected chi connectivity index (χ4v) is 4.91. The zero-order valence-corrected chi connectivity index (χ0v) is 22.4. The lowest BCUT2D eigenvalue weighted by Gasteiger charge is -2.43. The van der Waals surface area contributed by atoms with Crippen molar-refractivity contribution in [2.24, 2.45) is 0 Å². The number of aromatic nitrogens is 1. The maximum atomic E-state index is 13.2. The van der Waals surface area contributed by atoms with Gasteiger partial charge in [0.05, 0.1) is 17.5 Å². The van der Waals surface area contributed by atoms with Crippen molar-refractivity contribution in [1.29, 1.82) is 0 Å². The number of carbonyl (C=O) groups excluding carboxylic acids is 3. The highest BCUT2D eigenvalue weighted by molar-refractivity contribution is 5.95. The van der Waals surface area contributed by atoms with Crippen LogP contribution in [0.15, 0.2) is 54.6 Å². The van der Waals surface area contributed by atoms with Crippen molar-refractivity contribution >= 4 is 28.6 Å². The van der Waals surface area contributed by atoms with Crippen LogP contribution in [0.1, 0.15) is 54.7 Å². The predicted molar refractivity (Wildman–Crippen MR) is 144 cm³/mol. The Bertz CT molecular complexity index is 1360. The monoisotopic (exact) mass is 534 g/mol. The lowest BCUT2D eigenvalue weighted by molar-refractivity contribution is -0.149. The molecule has 10 nitrogen and oxygen atoms in total. The largest absolute Gasteiger partial charge is 0.489 e. The van der Waals surface area contributed by atoms with Crippen molar-refractivity contribution in [2.45, 2.75) is 57.8 Å². The normalized spacial score (nSPS) is 15.1. The van der Waals surface area contributed by atoms with E-state index in [0.29, 0.717) is 17.9 Å². The molecule has 0 radical (unpaired) electrons. The Morgan fingerprint density at radius 3 is 2.38 bits per heavy atom. The Hall–Kier alpha value is -4.02. The summed E-state index contributed by atoms with van der Waals surface area (Å²) in [6.07, 6.45) is 0.420. The van der Waals surface area contributed by atoms with Gasteiger partial charge in [-0.2, -0.15) is 0 Å². The van der Waals surface area contributed by atoms with E-state index < -0.39 is 23.0 Å². The molecule has 1 aromatic heterocycles. The second-order valence-electron chi connectivity index (χ2n) is 10.6. The number of nitrogens with one attached hydrogen (secondary N) is 2. The van der Waals surface area contributed by atoms with Crippen LogP contribution < -0.4 is 15.5 Å². The van der Waals surface area contributed by atoms with Crippen LogP contribution >= 0.6 is 0 Å². The van der Waals surface area contributed by atoms with Crippen molar-refractivity contribution in [3.8, 4) is 5.75 Å². The second kappa shape index (κ2) is 11.4. The van der Waals surface area contributed by atoms with E-state index in [1.807, 2.05) is 37.3 Å². The van der Waals surface area contributed by atoms with E-state index in [9.17, 15) is 19.5 Å². The fraction of sp³-hybridized carbons (Fsp3) is 0.379. The number of aryl methyl sites for hydroxylation is 1. The number of pyridine rings is 1. The maximum absolute atomic E-state index is 13.2. The second-order valence-corrected chi connectivity index (χ2v) is 10.6. The van der Waals surface area contributed by atoms with Crippen LogP contribution in [0.5, 0.6) is 5.75 Å². The van der Waals surface area contributed by atoms with Crippen LogP contribution in [-0.4, -0.2) is 62.1 Å². The van der Waals surface area contributed by atoms with Gasteiger partial charge >= 0.3 is 0 Å². The Morgan fingerprint density at radius 1 is 1.08 bits per heavy atom. The van der Waals surface area contributed by atoms with Gasteiger partial charge in [-0.25, -0.2) is 5.48 Å². The minimum Gasteiger partial charge on any atom is -0.489 e. The molecule has 0 aliphatic carbocycles. The SMILES string of the molecule is Cc1cc(COc2ccc(C(=O)NC3(CC(=O)NO)CCN(C(=O)C(C)(C)O)CC3)cc2)c2ccccc2n1. The minimum absolute atomic E-state index is 0.152. The molecule has 10 heteroatoms. The first-order valence-corrected chi connectivity index (χ1v) is 12.8. The van der Waals surface area contributed by atoms with Crippen LogP contribution in [0.25, 0.3) is 10.9 Å². The molecular formula is C29H34N4O6. The van der Waals surface area contributed by atoms with Crippen molar-refractivity contribution in [3.63, 3.8) is 0 Å². The van der Waals surface area contributed by atoms with E-state index in [0.717, 1.165) is 22.2 Å². The first-order chi connectivity index (χ1) is 18.5. The molecule has 0 bridgehead atoms. The van der Waals surface area contributed by atoms with Gasteiger partial charge < -0.3 is 20.1 Å². The number of hydrogen-bond acceptors (Lipinski definition) is 7. The van der Waals surface area contributed by atoms with Crippen molar-refractivity contribution in [1.82, 2.24) is 20.7 Å². The van der Waals surface area contributed by atoms with Crippen molar-refractivity contribution in [3.05, 3.63) is 71.4 Å². The first-order valence-electron chi connectivity index (χ1n) is 12.8. The van der Waals surface area contributed by atoms with Gasteiger partial charge in [0.1, 0.15) is 18.0 Å². The van der Waals surface area contributed by atoms with Gasteiger partial charge in [0, 0.05) is 35.3 Å². The number of hydrogen-bond donors (Lipinski definition) is 4. The summed E-state index contributed by atoms with van der Waals surface area (Å²) in [6.45, 7) is 5.62. The number of carbonyl (C=O) groups is 3. The fourth-order valence-electron chi connectivity index (χ4n) is 4.91. The topological polar surface area (TPSA) is 141 Å². The molecule has 39 heavy (non-hydrogen) atoms. The summed E-state index contributed by atoms with van der Waals surface area (Å²) in [5.74, 6) is -0.844. The third kappa shape index (κ3) is 6.71.